The molecule has 0 atom stereocenters. The van der Waals surface area contributed by atoms with Gasteiger partial charge in [0.1, 0.15) is 5.75 Å². The highest BCUT2D eigenvalue weighted by atomic mass is 16.6. The number of hydrogen-bond donors (Lipinski definition) is 1. The number of carboxylic acid groups (broad SMARTS) is 1. The molecule has 2 rings (SSSR count). The van der Waals surface area contributed by atoms with Crippen molar-refractivity contribution in [2.75, 3.05) is 7.11 Å². The van der Waals surface area contributed by atoms with Gasteiger partial charge in [-0.3, -0.25) is 0 Å². The van der Waals surface area contributed by atoms with E-state index in [4.69, 9.17) is 9.84 Å². The van der Waals surface area contributed by atoms with Crippen LogP contribution >= 0.6 is 0 Å². The monoisotopic (exact) mass is 234 g/mol. The molecule has 17 heavy (non-hydrogen) atoms. The van der Waals surface area contributed by atoms with Gasteiger partial charge in [-0.25, -0.2) is 9.42 Å². The lowest BCUT2D eigenvalue weighted by Crippen LogP contribution is -2.00. The van der Waals surface area contributed by atoms with Gasteiger partial charge in [0, 0.05) is 5.56 Å². The molecule has 0 aliphatic rings. The predicted octanol–water partition coefficient (Wildman–Crippen LogP) is 1.75. The Morgan fingerprint density at radius 1 is 1.41 bits per heavy atom. The highest BCUT2D eigenvalue weighted by Crippen LogP contribution is 2.31. The van der Waals surface area contributed by atoms with Crippen LogP contribution in [0.2, 0.25) is 0 Å². The van der Waals surface area contributed by atoms with Gasteiger partial charge in [-0.15, -0.1) is 0 Å². The molecular formula is C11H10N2O4. The van der Waals surface area contributed by atoms with Crippen molar-refractivity contribution in [1.82, 2.24) is 10.3 Å². The molecule has 0 aliphatic carbocycles. The Labute approximate surface area is 96.8 Å². The van der Waals surface area contributed by atoms with Crippen LogP contribution in [0.15, 0.2) is 22.8 Å². The molecule has 0 amide bonds. The van der Waals surface area contributed by atoms with Crippen LogP contribution in [0.1, 0.15) is 16.1 Å². The van der Waals surface area contributed by atoms with Crippen LogP contribution < -0.4 is 4.74 Å². The third-order valence-corrected chi connectivity index (χ3v) is 2.30. The molecule has 1 aromatic heterocycles. The Kier molecular flexibility index (Phi) is 2.78. The Bertz CT molecular complexity index is 562. The summed E-state index contributed by atoms with van der Waals surface area (Å²) in [5.41, 5.74) is 1.44. The molecule has 6 heteroatoms. The third kappa shape index (κ3) is 1.96. The average Bonchev–Trinajstić information content (AvgIpc) is 2.77. The predicted molar refractivity (Wildman–Crippen MR) is 58.0 cm³/mol. The average molecular weight is 234 g/mol. The Morgan fingerprint density at radius 3 is 2.82 bits per heavy atom. The molecule has 1 heterocycles. The Morgan fingerprint density at radius 2 is 2.18 bits per heavy atom. The van der Waals surface area contributed by atoms with Gasteiger partial charge in [-0.2, -0.15) is 0 Å². The van der Waals surface area contributed by atoms with Gasteiger partial charge in [0.2, 0.25) is 5.69 Å². The van der Waals surface area contributed by atoms with Gasteiger partial charge in [0.25, 0.3) is 0 Å². The fourth-order valence-electron chi connectivity index (χ4n) is 1.51. The molecular weight excluding hydrogens is 224 g/mol. The number of benzene rings is 1. The first-order chi connectivity index (χ1) is 8.13. The molecule has 0 radical (unpaired) electrons. The van der Waals surface area contributed by atoms with E-state index in [2.05, 4.69) is 14.9 Å². The molecule has 0 spiro atoms. The Hall–Kier alpha value is -2.37. The second-order valence-corrected chi connectivity index (χ2v) is 3.47. The van der Waals surface area contributed by atoms with Crippen molar-refractivity contribution in [2.45, 2.75) is 6.92 Å². The second kappa shape index (κ2) is 4.25. The van der Waals surface area contributed by atoms with E-state index < -0.39 is 5.97 Å². The van der Waals surface area contributed by atoms with Crippen LogP contribution in [0, 0.1) is 6.92 Å². The summed E-state index contributed by atoms with van der Waals surface area (Å²) in [6.45, 7) is 1.89. The lowest BCUT2D eigenvalue weighted by Gasteiger charge is -2.06. The minimum atomic E-state index is -1.19. The standard InChI is InChI=1S/C11H10N2O4/c1-6-3-4-8(16-2)7(5-6)9-10(11(14)15)13-17-12-9/h3-5H,1-2H3,(H,14,15). The number of aromatic carboxylic acids is 1. The number of aryl methyl sites for hydroxylation is 1. The van der Waals surface area contributed by atoms with Crippen molar-refractivity contribution in [1.29, 1.82) is 0 Å². The molecule has 0 saturated carbocycles. The maximum atomic E-state index is 10.9. The van der Waals surface area contributed by atoms with Crippen LogP contribution in [-0.4, -0.2) is 28.5 Å². The smallest absolute Gasteiger partial charge is 0.360 e. The first-order valence-corrected chi connectivity index (χ1v) is 4.84. The van der Waals surface area contributed by atoms with E-state index in [1.54, 1.807) is 12.1 Å². The quantitative estimate of drug-likeness (QED) is 0.870. The summed E-state index contributed by atoms with van der Waals surface area (Å²) < 4.78 is 9.62. The third-order valence-electron chi connectivity index (χ3n) is 2.30. The van der Waals surface area contributed by atoms with Crippen LogP contribution in [-0.2, 0) is 0 Å². The normalized spacial score (nSPS) is 10.2. The zero-order chi connectivity index (χ0) is 12.4. The molecule has 0 saturated heterocycles. The summed E-state index contributed by atoms with van der Waals surface area (Å²) in [7, 11) is 1.50. The maximum Gasteiger partial charge on any atom is 0.360 e. The first kappa shape index (κ1) is 11.1. The number of carboxylic acids is 1. The molecule has 0 unspecified atom stereocenters. The summed E-state index contributed by atoms with van der Waals surface area (Å²) in [6.07, 6.45) is 0. The zero-order valence-corrected chi connectivity index (χ0v) is 9.30. The summed E-state index contributed by atoms with van der Waals surface area (Å²) >= 11 is 0. The van der Waals surface area contributed by atoms with Crippen molar-refractivity contribution >= 4 is 5.97 Å². The molecule has 1 N–H and O–H groups in total. The summed E-state index contributed by atoms with van der Waals surface area (Å²) in [5.74, 6) is -0.668. The largest absolute Gasteiger partial charge is 0.496 e. The Balaban J connectivity index is 2.63. The molecule has 1 aromatic carbocycles. The molecule has 88 valence electrons. The molecule has 6 nitrogen and oxygen atoms in total. The van der Waals surface area contributed by atoms with E-state index in [1.165, 1.54) is 7.11 Å². The topological polar surface area (TPSA) is 85.5 Å². The SMILES string of the molecule is COc1ccc(C)cc1-c1nonc1C(=O)O. The van der Waals surface area contributed by atoms with Crippen LogP contribution in [0.25, 0.3) is 11.3 Å². The highest BCUT2D eigenvalue weighted by Gasteiger charge is 2.21. The van der Waals surface area contributed by atoms with E-state index in [0.717, 1.165) is 5.56 Å². The highest BCUT2D eigenvalue weighted by molar-refractivity contribution is 5.93. The van der Waals surface area contributed by atoms with Gasteiger partial charge in [0.05, 0.1) is 7.11 Å². The number of nitrogens with zero attached hydrogens (tertiary/aromatic N) is 2. The van der Waals surface area contributed by atoms with Crippen molar-refractivity contribution < 1.29 is 19.3 Å². The fourth-order valence-corrected chi connectivity index (χ4v) is 1.51. The van der Waals surface area contributed by atoms with Crippen molar-refractivity contribution in [2.24, 2.45) is 0 Å². The van der Waals surface area contributed by atoms with Crippen LogP contribution in [0.5, 0.6) is 5.75 Å². The van der Waals surface area contributed by atoms with Gasteiger partial charge in [-0.05, 0) is 29.4 Å². The molecule has 2 aromatic rings. The molecule has 0 aliphatic heterocycles. The lowest BCUT2D eigenvalue weighted by atomic mass is 10.1. The number of hydrogen-bond acceptors (Lipinski definition) is 5. The van der Waals surface area contributed by atoms with Gasteiger partial charge in [-0.1, -0.05) is 11.6 Å². The van der Waals surface area contributed by atoms with Crippen molar-refractivity contribution in [3.05, 3.63) is 29.5 Å². The van der Waals surface area contributed by atoms with E-state index >= 15 is 0 Å². The first-order valence-electron chi connectivity index (χ1n) is 4.84. The zero-order valence-electron chi connectivity index (χ0n) is 9.30. The summed E-state index contributed by atoms with van der Waals surface area (Å²) in [5, 5.41) is 15.9. The number of rotatable bonds is 3. The number of aromatic nitrogens is 2. The molecule has 0 fully saturated rings. The van der Waals surface area contributed by atoms with E-state index in [9.17, 15) is 4.79 Å². The van der Waals surface area contributed by atoms with E-state index in [-0.39, 0.29) is 11.4 Å². The van der Waals surface area contributed by atoms with E-state index in [0.29, 0.717) is 11.3 Å². The second-order valence-electron chi connectivity index (χ2n) is 3.47. The van der Waals surface area contributed by atoms with Crippen LogP contribution in [0.3, 0.4) is 0 Å². The minimum Gasteiger partial charge on any atom is -0.496 e. The van der Waals surface area contributed by atoms with Gasteiger partial charge < -0.3 is 9.84 Å². The van der Waals surface area contributed by atoms with E-state index in [1.807, 2.05) is 13.0 Å². The van der Waals surface area contributed by atoms with Crippen molar-refractivity contribution in [3.63, 3.8) is 0 Å². The fraction of sp³-hybridized carbons (Fsp3) is 0.182. The number of carbonyl (C=O) groups is 1. The van der Waals surface area contributed by atoms with Crippen molar-refractivity contribution in [3.8, 4) is 17.0 Å². The number of ether oxygens (including phenoxy) is 1. The molecule has 0 bridgehead atoms. The lowest BCUT2D eigenvalue weighted by molar-refractivity contribution is 0.0685. The minimum absolute atomic E-state index is 0.165. The maximum absolute atomic E-state index is 10.9. The van der Waals surface area contributed by atoms with Gasteiger partial charge >= 0.3 is 5.97 Å². The number of methoxy groups -OCH3 is 1. The summed E-state index contributed by atoms with van der Waals surface area (Å²) in [4.78, 5) is 10.9. The van der Waals surface area contributed by atoms with Gasteiger partial charge in [0.15, 0.2) is 5.69 Å². The summed E-state index contributed by atoms with van der Waals surface area (Å²) in [6, 6.07) is 5.37. The van der Waals surface area contributed by atoms with Crippen LogP contribution in [0.4, 0.5) is 0 Å².